The van der Waals surface area contributed by atoms with Crippen LogP contribution in [0.1, 0.15) is 30.9 Å². The number of carbonyl (C=O) groups is 2. The second-order valence-electron chi connectivity index (χ2n) is 4.93. The van der Waals surface area contributed by atoms with E-state index < -0.39 is 12.0 Å². The molecule has 1 unspecified atom stereocenters. The van der Waals surface area contributed by atoms with Crippen LogP contribution in [0.2, 0.25) is 0 Å². The van der Waals surface area contributed by atoms with Crippen LogP contribution in [0.4, 0.5) is 0 Å². The molecule has 0 aliphatic rings. The monoisotopic (exact) mass is 341 g/mol. The Morgan fingerprint density at radius 3 is 2.52 bits per heavy atom. The van der Waals surface area contributed by atoms with E-state index in [1.807, 2.05) is 6.26 Å². The van der Waals surface area contributed by atoms with Gasteiger partial charge in [0.25, 0.3) is 0 Å². The molecular formula is C16H23NO5S. The summed E-state index contributed by atoms with van der Waals surface area (Å²) in [5, 5.41) is 11.9. The van der Waals surface area contributed by atoms with E-state index >= 15 is 0 Å². The fourth-order valence-corrected chi connectivity index (χ4v) is 2.57. The van der Waals surface area contributed by atoms with E-state index in [1.165, 1.54) is 14.2 Å². The average Bonchev–Trinajstić information content (AvgIpc) is 2.53. The van der Waals surface area contributed by atoms with Gasteiger partial charge in [-0.3, -0.25) is 9.59 Å². The third-order valence-corrected chi connectivity index (χ3v) is 3.97. The molecule has 0 fully saturated rings. The summed E-state index contributed by atoms with van der Waals surface area (Å²) in [6.07, 6.45) is 2.93. The minimum Gasteiger partial charge on any atom is -0.493 e. The van der Waals surface area contributed by atoms with Gasteiger partial charge in [0.05, 0.1) is 26.7 Å². The van der Waals surface area contributed by atoms with Gasteiger partial charge >= 0.3 is 5.97 Å². The number of carbonyl (C=O) groups excluding carboxylic acids is 1. The zero-order valence-corrected chi connectivity index (χ0v) is 14.4. The first-order chi connectivity index (χ1) is 11.0. The zero-order valence-electron chi connectivity index (χ0n) is 13.6. The van der Waals surface area contributed by atoms with Crippen molar-refractivity contribution in [3.8, 4) is 11.5 Å². The Bertz CT molecular complexity index is 535. The van der Waals surface area contributed by atoms with Crippen LogP contribution in [0.5, 0.6) is 11.5 Å². The van der Waals surface area contributed by atoms with E-state index in [2.05, 4.69) is 5.32 Å². The number of amides is 1. The lowest BCUT2D eigenvalue weighted by Crippen LogP contribution is -2.30. The van der Waals surface area contributed by atoms with E-state index in [4.69, 9.17) is 14.6 Å². The molecular weight excluding hydrogens is 318 g/mol. The Balaban J connectivity index is 2.88. The number of carboxylic acids is 1. The Hall–Kier alpha value is -1.89. The first kappa shape index (κ1) is 19.2. The molecule has 23 heavy (non-hydrogen) atoms. The summed E-state index contributed by atoms with van der Waals surface area (Å²) < 4.78 is 10.4. The molecule has 128 valence electrons. The molecule has 0 heterocycles. The van der Waals surface area contributed by atoms with E-state index in [0.29, 0.717) is 23.5 Å². The van der Waals surface area contributed by atoms with E-state index in [0.717, 1.165) is 12.2 Å². The number of methoxy groups -OCH3 is 2. The lowest BCUT2D eigenvalue weighted by atomic mass is 10.0. The van der Waals surface area contributed by atoms with Gasteiger partial charge in [-0.1, -0.05) is 6.07 Å². The maximum atomic E-state index is 12.0. The van der Waals surface area contributed by atoms with E-state index in [9.17, 15) is 9.59 Å². The summed E-state index contributed by atoms with van der Waals surface area (Å²) in [5.41, 5.74) is 0.670. The van der Waals surface area contributed by atoms with Crippen LogP contribution in [-0.2, 0) is 9.59 Å². The van der Waals surface area contributed by atoms with Gasteiger partial charge in [-0.05, 0) is 36.1 Å². The lowest BCUT2D eigenvalue weighted by molar-refractivity contribution is -0.137. The van der Waals surface area contributed by atoms with Gasteiger partial charge in [0.15, 0.2) is 11.5 Å². The van der Waals surface area contributed by atoms with Gasteiger partial charge in [-0.25, -0.2) is 0 Å². The van der Waals surface area contributed by atoms with Crippen LogP contribution in [0.25, 0.3) is 0 Å². The molecule has 0 saturated heterocycles. The number of nitrogens with one attached hydrogen (secondary N) is 1. The van der Waals surface area contributed by atoms with Gasteiger partial charge in [0.2, 0.25) is 5.91 Å². The van der Waals surface area contributed by atoms with Crippen molar-refractivity contribution in [3.63, 3.8) is 0 Å². The molecule has 0 aliphatic carbocycles. The quantitative estimate of drug-likeness (QED) is 0.636. The van der Waals surface area contributed by atoms with Crippen LogP contribution in [0.3, 0.4) is 0 Å². The van der Waals surface area contributed by atoms with Gasteiger partial charge in [-0.2, -0.15) is 11.8 Å². The van der Waals surface area contributed by atoms with Crippen LogP contribution in [0, 0.1) is 0 Å². The number of carboxylic acid groups (broad SMARTS) is 1. The molecule has 6 nitrogen and oxygen atoms in total. The Labute approximate surface area is 140 Å². The topological polar surface area (TPSA) is 84.9 Å². The highest BCUT2D eigenvalue weighted by atomic mass is 32.2. The highest BCUT2D eigenvalue weighted by Gasteiger charge is 2.19. The minimum atomic E-state index is -0.978. The summed E-state index contributed by atoms with van der Waals surface area (Å²) in [5.74, 6) is 0.816. The second kappa shape index (κ2) is 9.99. The molecule has 1 atom stereocenters. The van der Waals surface area contributed by atoms with Crippen molar-refractivity contribution in [2.75, 3.05) is 26.2 Å². The highest BCUT2D eigenvalue weighted by molar-refractivity contribution is 7.98. The van der Waals surface area contributed by atoms with Crippen molar-refractivity contribution < 1.29 is 24.2 Å². The van der Waals surface area contributed by atoms with Gasteiger partial charge < -0.3 is 19.9 Å². The Morgan fingerprint density at radius 2 is 1.96 bits per heavy atom. The third-order valence-electron chi connectivity index (χ3n) is 3.28. The third kappa shape index (κ3) is 6.40. The number of rotatable bonds is 10. The highest BCUT2D eigenvalue weighted by Crippen LogP contribution is 2.31. The smallest absolute Gasteiger partial charge is 0.305 e. The van der Waals surface area contributed by atoms with E-state index in [1.54, 1.807) is 30.0 Å². The van der Waals surface area contributed by atoms with Crippen LogP contribution in [0.15, 0.2) is 18.2 Å². The second-order valence-corrected chi connectivity index (χ2v) is 5.91. The Kier molecular flexibility index (Phi) is 8.32. The predicted molar refractivity (Wildman–Crippen MR) is 90.3 cm³/mol. The van der Waals surface area contributed by atoms with Gasteiger partial charge in [0, 0.05) is 6.42 Å². The molecule has 2 N–H and O–H groups in total. The number of aliphatic carboxylic acids is 1. The molecule has 0 aliphatic heterocycles. The minimum absolute atomic E-state index is 0.153. The number of hydrogen-bond donors (Lipinski definition) is 2. The number of ether oxygens (including phenoxy) is 2. The molecule has 0 bridgehead atoms. The first-order valence-corrected chi connectivity index (χ1v) is 8.63. The predicted octanol–water partition coefficient (Wildman–Crippen LogP) is 2.48. The standard InChI is InChI=1S/C16H23NO5S/c1-21-13-7-6-11(9-14(13)22-2)12(10-16(19)20)17-15(18)5-4-8-23-3/h6-7,9,12H,4-5,8,10H2,1-3H3,(H,17,18)(H,19,20). The molecule has 0 spiro atoms. The van der Waals surface area contributed by atoms with Crippen molar-refractivity contribution in [2.24, 2.45) is 0 Å². The van der Waals surface area contributed by atoms with Crippen LogP contribution >= 0.6 is 11.8 Å². The van der Waals surface area contributed by atoms with Crippen molar-refractivity contribution >= 4 is 23.6 Å². The van der Waals surface area contributed by atoms with Crippen molar-refractivity contribution in [3.05, 3.63) is 23.8 Å². The maximum Gasteiger partial charge on any atom is 0.305 e. The fraction of sp³-hybridized carbons (Fsp3) is 0.500. The molecule has 7 heteroatoms. The number of hydrogen-bond acceptors (Lipinski definition) is 5. The molecule has 1 aromatic rings. The van der Waals surface area contributed by atoms with Gasteiger partial charge in [0.1, 0.15) is 0 Å². The molecule has 1 aromatic carbocycles. The van der Waals surface area contributed by atoms with E-state index in [-0.39, 0.29) is 12.3 Å². The van der Waals surface area contributed by atoms with Crippen molar-refractivity contribution in [1.29, 1.82) is 0 Å². The number of benzene rings is 1. The van der Waals surface area contributed by atoms with Gasteiger partial charge in [-0.15, -0.1) is 0 Å². The molecule has 1 rings (SSSR count). The fourth-order valence-electron chi connectivity index (χ4n) is 2.14. The normalized spacial score (nSPS) is 11.6. The zero-order chi connectivity index (χ0) is 17.2. The van der Waals surface area contributed by atoms with Crippen molar-refractivity contribution in [1.82, 2.24) is 5.32 Å². The maximum absolute atomic E-state index is 12.0. The molecule has 0 radical (unpaired) electrons. The Morgan fingerprint density at radius 1 is 1.26 bits per heavy atom. The average molecular weight is 341 g/mol. The lowest BCUT2D eigenvalue weighted by Gasteiger charge is -2.19. The van der Waals surface area contributed by atoms with Crippen LogP contribution in [-0.4, -0.2) is 43.2 Å². The summed E-state index contributed by atoms with van der Waals surface area (Å²) in [6, 6.07) is 4.52. The summed E-state index contributed by atoms with van der Waals surface area (Å²) >= 11 is 1.67. The largest absolute Gasteiger partial charge is 0.493 e. The summed E-state index contributed by atoms with van der Waals surface area (Å²) in [4.78, 5) is 23.1. The molecule has 1 amide bonds. The summed E-state index contributed by atoms with van der Waals surface area (Å²) in [6.45, 7) is 0. The first-order valence-electron chi connectivity index (χ1n) is 7.23. The molecule has 0 aromatic heterocycles. The van der Waals surface area contributed by atoms with Crippen molar-refractivity contribution in [2.45, 2.75) is 25.3 Å². The number of thioether (sulfide) groups is 1. The SMILES string of the molecule is COc1ccc(C(CC(=O)O)NC(=O)CCCSC)cc1OC. The van der Waals surface area contributed by atoms with Crippen LogP contribution < -0.4 is 14.8 Å². The molecule has 0 saturated carbocycles. The summed E-state index contributed by atoms with van der Waals surface area (Å²) in [7, 11) is 3.04.